The lowest BCUT2D eigenvalue weighted by atomic mass is 10.1. The molecule has 1 aliphatic rings. The molecule has 1 aromatic heterocycles. The molecular formula is C16H17ClN2O. The van der Waals surface area contributed by atoms with E-state index in [4.69, 9.17) is 21.3 Å². The minimum absolute atomic E-state index is 0.478. The molecule has 1 aromatic carbocycles. The Labute approximate surface area is 124 Å². The maximum Gasteiger partial charge on any atom is 0.136 e. The standard InChI is InChI=1S/C16H17ClN2O/c1-3-20-13-7-5-4-6-12(13)14-10(2)15(17)19-16(18-14)11-8-9-11/h4-7,11H,3,8-9H2,1-2H3. The van der Waals surface area contributed by atoms with Crippen molar-refractivity contribution in [3.8, 4) is 17.0 Å². The maximum absolute atomic E-state index is 6.28. The number of hydrogen-bond donors (Lipinski definition) is 0. The fourth-order valence-electron chi connectivity index (χ4n) is 2.24. The molecule has 1 fully saturated rings. The summed E-state index contributed by atoms with van der Waals surface area (Å²) in [6.07, 6.45) is 2.32. The first-order valence-electron chi connectivity index (χ1n) is 6.97. The lowest BCUT2D eigenvalue weighted by Crippen LogP contribution is -2.01. The number of nitrogens with zero attached hydrogens (tertiary/aromatic N) is 2. The molecule has 0 atom stereocenters. The van der Waals surface area contributed by atoms with Crippen molar-refractivity contribution >= 4 is 11.6 Å². The van der Waals surface area contributed by atoms with Gasteiger partial charge in [0.05, 0.1) is 12.3 Å². The Morgan fingerprint density at radius 1 is 1.25 bits per heavy atom. The first kappa shape index (κ1) is 13.4. The van der Waals surface area contributed by atoms with Crippen LogP contribution >= 0.6 is 11.6 Å². The molecule has 0 bridgehead atoms. The van der Waals surface area contributed by atoms with Gasteiger partial charge in [-0.3, -0.25) is 0 Å². The van der Waals surface area contributed by atoms with Crippen LogP contribution in [0, 0.1) is 6.92 Å². The van der Waals surface area contributed by atoms with E-state index >= 15 is 0 Å². The van der Waals surface area contributed by atoms with Gasteiger partial charge in [-0.2, -0.15) is 0 Å². The predicted molar refractivity (Wildman–Crippen MR) is 80.4 cm³/mol. The Balaban J connectivity index is 2.13. The molecule has 0 spiro atoms. The monoisotopic (exact) mass is 288 g/mol. The first-order valence-corrected chi connectivity index (χ1v) is 7.34. The van der Waals surface area contributed by atoms with Gasteiger partial charge in [0.1, 0.15) is 16.7 Å². The van der Waals surface area contributed by atoms with Crippen LogP contribution < -0.4 is 4.74 Å². The van der Waals surface area contributed by atoms with Gasteiger partial charge >= 0.3 is 0 Å². The number of benzene rings is 1. The molecule has 20 heavy (non-hydrogen) atoms. The molecule has 0 aliphatic heterocycles. The third-order valence-electron chi connectivity index (χ3n) is 3.49. The third-order valence-corrected chi connectivity index (χ3v) is 3.86. The summed E-state index contributed by atoms with van der Waals surface area (Å²) in [5, 5.41) is 0.545. The van der Waals surface area contributed by atoms with Gasteiger partial charge in [0.15, 0.2) is 0 Å². The van der Waals surface area contributed by atoms with E-state index in [0.29, 0.717) is 17.7 Å². The highest BCUT2D eigenvalue weighted by molar-refractivity contribution is 6.30. The summed E-state index contributed by atoms with van der Waals surface area (Å²) in [6.45, 7) is 4.56. The summed E-state index contributed by atoms with van der Waals surface area (Å²) >= 11 is 6.28. The van der Waals surface area contributed by atoms with E-state index < -0.39 is 0 Å². The summed E-state index contributed by atoms with van der Waals surface area (Å²) in [6, 6.07) is 7.94. The van der Waals surface area contributed by atoms with Crippen molar-refractivity contribution in [3.05, 3.63) is 40.8 Å². The van der Waals surface area contributed by atoms with E-state index in [0.717, 1.165) is 41.2 Å². The molecule has 0 N–H and O–H groups in total. The minimum atomic E-state index is 0.478. The van der Waals surface area contributed by atoms with Crippen molar-refractivity contribution in [2.24, 2.45) is 0 Å². The molecule has 3 rings (SSSR count). The second-order valence-electron chi connectivity index (χ2n) is 5.05. The van der Waals surface area contributed by atoms with Gasteiger partial charge in [-0.15, -0.1) is 0 Å². The number of rotatable bonds is 4. The average Bonchev–Trinajstić information content (AvgIpc) is 3.27. The second kappa shape index (κ2) is 5.41. The van der Waals surface area contributed by atoms with Gasteiger partial charge < -0.3 is 4.74 Å². The lowest BCUT2D eigenvalue weighted by Gasteiger charge is -2.13. The van der Waals surface area contributed by atoms with Crippen LogP contribution in [0.2, 0.25) is 5.15 Å². The average molecular weight is 289 g/mol. The van der Waals surface area contributed by atoms with E-state index in [9.17, 15) is 0 Å². The molecular weight excluding hydrogens is 272 g/mol. The van der Waals surface area contributed by atoms with Gasteiger partial charge in [0, 0.05) is 17.0 Å². The number of halogens is 1. The fourth-order valence-corrected chi connectivity index (χ4v) is 2.41. The molecule has 2 aromatic rings. The number of ether oxygens (including phenoxy) is 1. The Morgan fingerprint density at radius 2 is 2.00 bits per heavy atom. The summed E-state index contributed by atoms with van der Waals surface area (Å²) < 4.78 is 5.70. The highest BCUT2D eigenvalue weighted by atomic mass is 35.5. The molecule has 3 nitrogen and oxygen atoms in total. The van der Waals surface area contributed by atoms with E-state index in [1.807, 2.05) is 38.1 Å². The van der Waals surface area contributed by atoms with Crippen LogP contribution in [0.3, 0.4) is 0 Å². The second-order valence-corrected chi connectivity index (χ2v) is 5.41. The summed E-state index contributed by atoms with van der Waals surface area (Å²) in [7, 11) is 0. The Morgan fingerprint density at radius 3 is 2.70 bits per heavy atom. The zero-order chi connectivity index (χ0) is 14.1. The summed E-state index contributed by atoms with van der Waals surface area (Å²) in [5.74, 6) is 2.18. The minimum Gasteiger partial charge on any atom is -0.493 e. The molecule has 104 valence electrons. The van der Waals surface area contributed by atoms with Gasteiger partial charge in [-0.05, 0) is 38.8 Å². The van der Waals surface area contributed by atoms with Crippen molar-refractivity contribution in [1.82, 2.24) is 9.97 Å². The molecule has 1 heterocycles. The number of para-hydroxylation sites is 1. The third kappa shape index (κ3) is 2.50. The highest BCUT2D eigenvalue weighted by Gasteiger charge is 2.28. The molecule has 0 amide bonds. The summed E-state index contributed by atoms with van der Waals surface area (Å²) in [5.41, 5.74) is 2.78. The maximum atomic E-state index is 6.28. The summed E-state index contributed by atoms with van der Waals surface area (Å²) in [4.78, 5) is 9.14. The molecule has 0 unspecified atom stereocenters. The predicted octanol–water partition coefficient (Wildman–Crippen LogP) is 4.38. The van der Waals surface area contributed by atoms with Crippen LogP contribution in [0.15, 0.2) is 24.3 Å². The zero-order valence-corrected chi connectivity index (χ0v) is 12.4. The number of aromatic nitrogens is 2. The van der Waals surface area contributed by atoms with Gasteiger partial charge in [0.25, 0.3) is 0 Å². The van der Waals surface area contributed by atoms with Gasteiger partial charge in [-0.1, -0.05) is 23.7 Å². The van der Waals surface area contributed by atoms with Gasteiger partial charge in [0.2, 0.25) is 0 Å². The van der Waals surface area contributed by atoms with E-state index in [2.05, 4.69) is 4.98 Å². The van der Waals surface area contributed by atoms with E-state index in [1.54, 1.807) is 0 Å². The smallest absolute Gasteiger partial charge is 0.136 e. The highest BCUT2D eigenvalue weighted by Crippen LogP contribution is 2.41. The topological polar surface area (TPSA) is 35.0 Å². The van der Waals surface area contributed by atoms with Crippen LogP contribution in [-0.4, -0.2) is 16.6 Å². The van der Waals surface area contributed by atoms with Crippen molar-refractivity contribution < 1.29 is 4.74 Å². The van der Waals surface area contributed by atoms with Crippen LogP contribution in [0.4, 0.5) is 0 Å². The molecule has 1 aliphatic carbocycles. The van der Waals surface area contributed by atoms with Crippen LogP contribution in [0.1, 0.15) is 37.1 Å². The number of hydrogen-bond acceptors (Lipinski definition) is 3. The van der Waals surface area contributed by atoms with Crippen molar-refractivity contribution in [3.63, 3.8) is 0 Å². The quantitative estimate of drug-likeness (QED) is 0.783. The normalized spacial score (nSPS) is 14.3. The molecule has 4 heteroatoms. The lowest BCUT2D eigenvalue weighted by molar-refractivity contribution is 0.341. The van der Waals surface area contributed by atoms with Crippen molar-refractivity contribution in [1.29, 1.82) is 0 Å². The van der Waals surface area contributed by atoms with Crippen molar-refractivity contribution in [2.75, 3.05) is 6.61 Å². The van der Waals surface area contributed by atoms with Crippen LogP contribution in [0.5, 0.6) is 5.75 Å². The molecule has 1 saturated carbocycles. The Bertz CT molecular complexity index is 638. The first-order chi connectivity index (χ1) is 9.70. The fraction of sp³-hybridized carbons (Fsp3) is 0.375. The van der Waals surface area contributed by atoms with Crippen LogP contribution in [0.25, 0.3) is 11.3 Å². The Hall–Kier alpha value is -1.61. The SMILES string of the molecule is CCOc1ccccc1-c1nc(C2CC2)nc(Cl)c1C. The largest absolute Gasteiger partial charge is 0.493 e. The van der Waals surface area contributed by atoms with Gasteiger partial charge in [-0.25, -0.2) is 9.97 Å². The molecule has 0 radical (unpaired) electrons. The Kier molecular flexibility index (Phi) is 3.62. The van der Waals surface area contributed by atoms with E-state index in [1.165, 1.54) is 0 Å². The van der Waals surface area contributed by atoms with E-state index in [-0.39, 0.29) is 0 Å². The van der Waals surface area contributed by atoms with Crippen LogP contribution in [-0.2, 0) is 0 Å². The van der Waals surface area contributed by atoms with Crippen molar-refractivity contribution in [2.45, 2.75) is 32.6 Å². The zero-order valence-electron chi connectivity index (χ0n) is 11.7. The molecule has 0 saturated heterocycles.